The lowest BCUT2D eigenvalue weighted by atomic mass is 9.97. The second kappa shape index (κ2) is 9.96. The van der Waals surface area contributed by atoms with Crippen LogP contribution in [0.5, 0.6) is 0 Å². The molecule has 0 unspecified atom stereocenters. The first-order valence-electron chi connectivity index (χ1n) is 9.39. The van der Waals surface area contributed by atoms with Crippen LogP contribution < -0.4 is 10.6 Å². The minimum Gasteiger partial charge on any atom is -0.369 e. The van der Waals surface area contributed by atoms with Crippen LogP contribution in [0.4, 0.5) is 5.82 Å². The molecule has 0 atom stereocenters. The molecule has 1 amide bonds. The van der Waals surface area contributed by atoms with Crippen LogP contribution in [0.1, 0.15) is 52.9 Å². The van der Waals surface area contributed by atoms with Gasteiger partial charge in [0.1, 0.15) is 12.1 Å². The van der Waals surface area contributed by atoms with Crippen molar-refractivity contribution < 1.29 is 4.79 Å². The van der Waals surface area contributed by atoms with E-state index in [0.717, 1.165) is 55.5 Å². The first-order chi connectivity index (χ1) is 12.2. The van der Waals surface area contributed by atoms with Crippen molar-refractivity contribution in [1.29, 1.82) is 0 Å². The molecule has 7 heteroatoms. The van der Waals surface area contributed by atoms with Gasteiger partial charge >= 0.3 is 0 Å². The third kappa shape index (κ3) is 5.14. The van der Waals surface area contributed by atoms with E-state index in [9.17, 15) is 4.79 Å². The van der Waals surface area contributed by atoms with Crippen molar-refractivity contribution >= 4 is 22.8 Å². The summed E-state index contributed by atoms with van der Waals surface area (Å²) in [5, 5.41) is 11.7. The second-order valence-electron chi connectivity index (χ2n) is 6.32. The highest BCUT2D eigenvalue weighted by Crippen LogP contribution is 2.18. The number of amides is 1. The number of anilines is 1. The molecule has 0 aromatic carbocycles. The van der Waals surface area contributed by atoms with E-state index in [1.807, 2.05) is 4.68 Å². The molecule has 0 saturated heterocycles. The topological polar surface area (TPSA) is 84.7 Å². The maximum Gasteiger partial charge on any atom is 0.223 e. The Labute approximate surface area is 149 Å². The molecule has 2 heterocycles. The predicted octanol–water partition coefficient (Wildman–Crippen LogP) is 2.98. The molecule has 0 bridgehead atoms. The van der Waals surface area contributed by atoms with Gasteiger partial charge in [0.2, 0.25) is 5.91 Å². The van der Waals surface area contributed by atoms with Gasteiger partial charge in [-0.15, -0.1) is 0 Å². The Kier molecular flexibility index (Phi) is 7.63. The van der Waals surface area contributed by atoms with Crippen LogP contribution in [0, 0.1) is 5.92 Å². The number of carbonyl (C=O) groups excluding carboxylic acids is 1. The number of carbonyl (C=O) groups is 1. The Morgan fingerprint density at radius 2 is 1.88 bits per heavy atom. The van der Waals surface area contributed by atoms with Gasteiger partial charge in [0.25, 0.3) is 0 Å². The van der Waals surface area contributed by atoms with Crippen LogP contribution in [-0.2, 0) is 11.3 Å². The van der Waals surface area contributed by atoms with E-state index in [4.69, 9.17) is 0 Å². The summed E-state index contributed by atoms with van der Waals surface area (Å²) in [6.45, 7) is 8.38. The van der Waals surface area contributed by atoms with Gasteiger partial charge in [0, 0.05) is 19.0 Å². The molecule has 2 aromatic heterocycles. The van der Waals surface area contributed by atoms with Gasteiger partial charge in [-0.05, 0) is 19.3 Å². The molecule has 2 rings (SSSR count). The van der Waals surface area contributed by atoms with Crippen LogP contribution in [-0.4, -0.2) is 38.7 Å². The summed E-state index contributed by atoms with van der Waals surface area (Å²) in [6.07, 6.45) is 8.33. The van der Waals surface area contributed by atoms with Crippen molar-refractivity contribution in [2.75, 3.05) is 18.4 Å². The Bertz CT molecular complexity index is 663. The maximum atomic E-state index is 12.3. The molecule has 138 valence electrons. The molecule has 0 saturated carbocycles. The zero-order valence-corrected chi connectivity index (χ0v) is 15.6. The number of fused-ring (bicyclic) bond motifs is 1. The number of aromatic nitrogens is 4. The maximum absolute atomic E-state index is 12.3. The molecule has 0 fully saturated rings. The van der Waals surface area contributed by atoms with E-state index >= 15 is 0 Å². The molecule has 0 radical (unpaired) electrons. The van der Waals surface area contributed by atoms with Gasteiger partial charge in [-0.3, -0.25) is 4.79 Å². The number of rotatable bonds is 11. The SMILES string of the molecule is CCCNc1ncnc2c1cnn2CCNC(=O)C(CCC)CCC. The largest absolute Gasteiger partial charge is 0.369 e. The molecule has 25 heavy (non-hydrogen) atoms. The molecule has 2 aromatic rings. The molecule has 0 aliphatic rings. The smallest absolute Gasteiger partial charge is 0.223 e. The Hall–Kier alpha value is -2.18. The fraction of sp³-hybridized carbons (Fsp3) is 0.667. The summed E-state index contributed by atoms with van der Waals surface area (Å²) in [4.78, 5) is 20.9. The van der Waals surface area contributed by atoms with Gasteiger partial charge < -0.3 is 10.6 Å². The van der Waals surface area contributed by atoms with E-state index in [0.29, 0.717) is 13.1 Å². The lowest BCUT2D eigenvalue weighted by Gasteiger charge is -2.15. The second-order valence-corrected chi connectivity index (χ2v) is 6.32. The average Bonchev–Trinajstić information content (AvgIpc) is 3.03. The average molecular weight is 346 g/mol. The van der Waals surface area contributed by atoms with E-state index in [1.54, 1.807) is 12.5 Å². The molecular formula is C18H30N6O. The summed E-state index contributed by atoms with van der Waals surface area (Å²) < 4.78 is 1.82. The van der Waals surface area contributed by atoms with Crippen molar-refractivity contribution in [1.82, 2.24) is 25.1 Å². The highest BCUT2D eigenvalue weighted by atomic mass is 16.1. The fourth-order valence-corrected chi connectivity index (χ4v) is 2.97. The third-order valence-corrected chi connectivity index (χ3v) is 4.24. The van der Waals surface area contributed by atoms with E-state index in [1.165, 1.54) is 0 Å². The monoisotopic (exact) mass is 346 g/mol. The number of nitrogens with zero attached hydrogens (tertiary/aromatic N) is 4. The molecule has 0 spiro atoms. The van der Waals surface area contributed by atoms with Crippen molar-refractivity contribution in [3.05, 3.63) is 12.5 Å². The van der Waals surface area contributed by atoms with Crippen molar-refractivity contribution in [3.63, 3.8) is 0 Å². The molecule has 2 N–H and O–H groups in total. The Morgan fingerprint density at radius 1 is 1.12 bits per heavy atom. The standard InChI is InChI=1S/C18H30N6O/c1-4-7-14(8-5-2)18(25)20-10-11-24-17-15(12-23-24)16(19-9-6-3)21-13-22-17/h12-14H,4-11H2,1-3H3,(H,20,25)(H,19,21,22). The molecule has 0 aliphatic carbocycles. The van der Waals surface area contributed by atoms with Crippen molar-refractivity contribution in [2.45, 2.75) is 59.4 Å². The summed E-state index contributed by atoms with van der Waals surface area (Å²) in [7, 11) is 0. The summed E-state index contributed by atoms with van der Waals surface area (Å²) in [6, 6.07) is 0. The van der Waals surface area contributed by atoms with Gasteiger partial charge in [0.15, 0.2) is 5.65 Å². The number of hydrogen-bond donors (Lipinski definition) is 2. The fourth-order valence-electron chi connectivity index (χ4n) is 2.97. The van der Waals surface area contributed by atoms with Crippen LogP contribution >= 0.6 is 0 Å². The first-order valence-corrected chi connectivity index (χ1v) is 9.39. The minimum absolute atomic E-state index is 0.122. The van der Waals surface area contributed by atoms with Crippen LogP contribution in [0.3, 0.4) is 0 Å². The predicted molar refractivity (Wildman–Crippen MR) is 100 cm³/mol. The zero-order valence-electron chi connectivity index (χ0n) is 15.6. The normalized spacial score (nSPS) is 11.2. The summed E-state index contributed by atoms with van der Waals surface area (Å²) in [5.41, 5.74) is 0.793. The number of hydrogen-bond acceptors (Lipinski definition) is 5. The first kappa shape index (κ1) is 19.1. The van der Waals surface area contributed by atoms with E-state index in [2.05, 4.69) is 46.5 Å². The van der Waals surface area contributed by atoms with Crippen molar-refractivity contribution in [3.8, 4) is 0 Å². The highest BCUT2D eigenvalue weighted by molar-refractivity contribution is 5.86. The molecule has 7 nitrogen and oxygen atoms in total. The lowest BCUT2D eigenvalue weighted by molar-refractivity contribution is -0.125. The van der Waals surface area contributed by atoms with Crippen molar-refractivity contribution in [2.24, 2.45) is 5.92 Å². The minimum atomic E-state index is 0.122. The van der Waals surface area contributed by atoms with Gasteiger partial charge in [-0.2, -0.15) is 5.10 Å². The van der Waals surface area contributed by atoms with Crippen LogP contribution in [0.15, 0.2) is 12.5 Å². The molecule has 0 aliphatic heterocycles. The van der Waals surface area contributed by atoms with Gasteiger partial charge in [-0.25, -0.2) is 14.6 Å². The van der Waals surface area contributed by atoms with Crippen LogP contribution in [0.25, 0.3) is 11.0 Å². The Balaban J connectivity index is 1.96. The molecular weight excluding hydrogens is 316 g/mol. The third-order valence-electron chi connectivity index (χ3n) is 4.24. The van der Waals surface area contributed by atoms with E-state index < -0.39 is 0 Å². The zero-order chi connectivity index (χ0) is 18.1. The lowest BCUT2D eigenvalue weighted by Crippen LogP contribution is -2.33. The van der Waals surface area contributed by atoms with Gasteiger partial charge in [0.05, 0.1) is 18.1 Å². The number of nitrogens with one attached hydrogen (secondary N) is 2. The Morgan fingerprint density at radius 3 is 2.56 bits per heavy atom. The summed E-state index contributed by atoms with van der Waals surface area (Å²) in [5.74, 6) is 1.09. The summed E-state index contributed by atoms with van der Waals surface area (Å²) >= 11 is 0. The van der Waals surface area contributed by atoms with Crippen LogP contribution in [0.2, 0.25) is 0 Å². The van der Waals surface area contributed by atoms with E-state index in [-0.39, 0.29) is 11.8 Å². The highest BCUT2D eigenvalue weighted by Gasteiger charge is 2.16. The van der Waals surface area contributed by atoms with Gasteiger partial charge in [-0.1, -0.05) is 33.6 Å². The quantitative estimate of drug-likeness (QED) is 0.653.